The van der Waals surface area contributed by atoms with Crippen LogP contribution >= 0.6 is 23.2 Å². The molecular formula is C27H31Cl2F3N6O3. The molecule has 0 saturated carbocycles. The number of carbonyl (C=O) groups is 1. The van der Waals surface area contributed by atoms with Crippen molar-refractivity contribution in [2.75, 3.05) is 18.0 Å². The highest BCUT2D eigenvalue weighted by Crippen LogP contribution is 2.38. The Labute approximate surface area is 245 Å². The normalized spacial score (nSPS) is 19.0. The van der Waals surface area contributed by atoms with Gasteiger partial charge in [0.15, 0.2) is 5.65 Å². The molecule has 3 aromatic rings. The number of alkyl halides is 3. The number of hydrogen-bond donors (Lipinski definition) is 0. The number of rotatable bonds is 3. The molecule has 1 aliphatic heterocycles. The van der Waals surface area contributed by atoms with Gasteiger partial charge in [-0.1, -0.05) is 23.2 Å². The van der Waals surface area contributed by atoms with E-state index >= 15 is 0 Å². The molecule has 0 spiro atoms. The van der Waals surface area contributed by atoms with Crippen molar-refractivity contribution in [1.29, 1.82) is 0 Å². The Morgan fingerprint density at radius 1 is 1.12 bits per heavy atom. The Balaban J connectivity index is 1.90. The molecular weight excluding hydrogens is 584 g/mol. The number of pyridine rings is 2. The van der Waals surface area contributed by atoms with E-state index in [1.807, 2.05) is 18.7 Å². The van der Waals surface area contributed by atoms with Crippen LogP contribution in [0.5, 0.6) is 0 Å². The number of amides is 1. The van der Waals surface area contributed by atoms with Crippen LogP contribution in [0.25, 0.3) is 16.7 Å². The van der Waals surface area contributed by atoms with Gasteiger partial charge in [-0.2, -0.15) is 18.2 Å². The van der Waals surface area contributed by atoms with Crippen molar-refractivity contribution >= 4 is 46.1 Å². The van der Waals surface area contributed by atoms with Crippen LogP contribution in [-0.4, -0.2) is 67.5 Å². The van der Waals surface area contributed by atoms with Crippen LogP contribution < -0.4 is 10.6 Å². The van der Waals surface area contributed by atoms with E-state index in [4.69, 9.17) is 27.9 Å². The van der Waals surface area contributed by atoms with Gasteiger partial charge in [-0.3, -0.25) is 4.98 Å². The molecule has 0 radical (unpaired) electrons. The smallest absolute Gasteiger partial charge is 0.410 e. The largest absolute Gasteiger partial charge is 0.444 e. The summed E-state index contributed by atoms with van der Waals surface area (Å²) in [6, 6.07) is 2.35. The molecule has 0 aliphatic carbocycles. The summed E-state index contributed by atoms with van der Waals surface area (Å²) in [5, 5.41) is 0.248. The van der Waals surface area contributed by atoms with Crippen LogP contribution in [0.4, 0.5) is 23.8 Å². The summed E-state index contributed by atoms with van der Waals surface area (Å²) in [7, 11) is 0. The fraction of sp³-hybridized carbons (Fsp3) is 0.519. The third kappa shape index (κ3) is 6.08. The van der Waals surface area contributed by atoms with E-state index < -0.39 is 29.5 Å². The minimum Gasteiger partial charge on any atom is -0.444 e. The fourth-order valence-electron chi connectivity index (χ4n) is 4.84. The molecule has 0 N–H and O–H groups in total. The Morgan fingerprint density at radius 2 is 1.78 bits per heavy atom. The monoisotopic (exact) mass is 614 g/mol. The number of nitrogens with zero attached hydrogens (tertiary/aromatic N) is 6. The molecule has 4 rings (SSSR count). The Bertz CT molecular complexity index is 1560. The van der Waals surface area contributed by atoms with Crippen LogP contribution in [0.2, 0.25) is 10.2 Å². The number of ether oxygens (including phenoxy) is 1. The van der Waals surface area contributed by atoms with Crippen LogP contribution in [0.1, 0.15) is 58.7 Å². The number of aromatic nitrogens is 4. The standard InChI is InChI=1S/C27H31Cl2F3N6O3/c1-13-8-9-33-19(16(4)27(30,31)32)20(13)38-23-17(10-18(28)21(29)34-23)22(35-24(38)39)36-11-15(3)37(12-14(36)2)25(40)41-26(5,6)7/h8-10,14-16H,11-12H2,1-7H3/t14-,15+,16?/m0/s1. The van der Waals surface area contributed by atoms with Gasteiger partial charge in [0, 0.05) is 31.4 Å². The van der Waals surface area contributed by atoms with Crippen LogP contribution in [0, 0.1) is 6.92 Å². The molecule has 222 valence electrons. The van der Waals surface area contributed by atoms with Gasteiger partial charge in [0.25, 0.3) is 0 Å². The van der Waals surface area contributed by atoms with Crippen molar-refractivity contribution in [2.24, 2.45) is 0 Å². The first-order valence-electron chi connectivity index (χ1n) is 13.0. The first-order valence-corrected chi connectivity index (χ1v) is 13.7. The molecule has 1 unspecified atom stereocenters. The van der Waals surface area contributed by atoms with Crippen LogP contribution in [-0.2, 0) is 4.74 Å². The maximum atomic E-state index is 13.8. The van der Waals surface area contributed by atoms with Gasteiger partial charge >= 0.3 is 18.0 Å². The molecule has 9 nitrogen and oxygen atoms in total. The lowest BCUT2D eigenvalue weighted by atomic mass is 10.0. The third-order valence-corrected chi connectivity index (χ3v) is 7.60. The molecule has 0 aromatic carbocycles. The molecule has 41 heavy (non-hydrogen) atoms. The number of anilines is 1. The van der Waals surface area contributed by atoms with Gasteiger partial charge < -0.3 is 14.5 Å². The molecule has 4 heterocycles. The second-order valence-corrected chi connectivity index (χ2v) is 12.1. The molecule has 1 fully saturated rings. The zero-order valence-corrected chi connectivity index (χ0v) is 25.2. The second kappa shape index (κ2) is 10.9. The van der Waals surface area contributed by atoms with Crippen molar-refractivity contribution < 1.29 is 22.7 Å². The van der Waals surface area contributed by atoms with E-state index in [-0.39, 0.29) is 58.2 Å². The van der Waals surface area contributed by atoms with E-state index in [1.165, 1.54) is 18.3 Å². The molecule has 3 aromatic heterocycles. The van der Waals surface area contributed by atoms with Gasteiger partial charge in [0.1, 0.15) is 16.6 Å². The first-order chi connectivity index (χ1) is 18.9. The van der Waals surface area contributed by atoms with Crippen molar-refractivity contribution in [3.8, 4) is 5.69 Å². The van der Waals surface area contributed by atoms with E-state index in [9.17, 15) is 22.8 Å². The minimum absolute atomic E-state index is 0.0180. The molecule has 1 saturated heterocycles. The Hall–Kier alpha value is -3.12. The molecule has 0 bridgehead atoms. The Morgan fingerprint density at radius 3 is 2.39 bits per heavy atom. The van der Waals surface area contributed by atoms with E-state index in [0.29, 0.717) is 10.9 Å². The summed E-state index contributed by atoms with van der Waals surface area (Å²) in [6.07, 6.45) is -3.81. The molecule has 1 aliphatic rings. The third-order valence-electron chi connectivity index (χ3n) is 6.92. The van der Waals surface area contributed by atoms with Crippen molar-refractivity contribution in [3.05, 3.63) is 50.2 Å². The zero-order chi connectivity index (χ0) is 30.6. The van der Waals surface area contributed by atoms with Gasteiger partial charge in [-0.25, -0.2) is 19.1 Å². The van der Waals surface area contributed by atoms with Crippen LogP contribution in [0.15, 0.2) is 23.1 Å². The molecule has 1 amide bonds. The fourth-order valence-corrected chi connectivity index (χ4v) is 5.12. The van der Waals surface area contributed by atoms with Gasteiger partial charge in [0.05, 0.1) is 27.7 Å². The number of piperazine rings is 1. The second-order valence-electron chi connectivity index (χ2n) is 11.3. The van der Waals surface area contributed by atoms with Crippen molar-refractivity contribution in [2.45, 2.75) is 78.2 Å². The summed E-state index contributed by atoms with van der Waals surface area (Å²) in [5.41, 5.74) is -1.61. The van der Waals surface area contributed by atoms with E-state index in [0.717, 1.165) is 11.5 Å². The number of carbonyl (C=O) groups excluding carboxylic acids is 1. The summed E-state index contributed by atoms with van der Waals surface area (Å²) in [6.45, 7) is 12.2. The lowest BCUT2D eigenvalue weighted by Crippen LogP contribution is -2.59. The number of aryl methyl sites for hydroxylation is 1. The maximum absolute atomic E-state index is 13.8. The number of fused-ring (bicyclic) bond motifs is 1. The highest BCUT2D eigenvalue weighted by atomic mass is 35.5. The number of hydrogen-bond acceptors (Lipinski definition) is 7. The number of halogens is 5. The summed E-state index contributed by atoms with van der Waals surface area (Å²) in [5.74, 6) is -1.76. The van der Waals surface area contributed by atoms with Gasteiger partial charge in [-0.15, -0.1) is 0 Å². The summed E-state index contributed by atoms with van der Waals surface area (Å²) in [4.78, 5) is 42.7. The SMILES string of the molecule is Cc1ccnc(C(C)C(F)(F)F)c1-n1c(=O)nc(N2C[C@@H](C)N(C(=O)OC(C)(C)C)C[C@@H]2C)c2cc(Cl)c(Cl)nc21. The van der Waals surface area contributed by atoms with Crippen molar-refractivity contribution in [1.82, 2.24) is 24.4 Å². The van der Waals surface area contributed by atoms with E-state index in [2.05, 4.69) is 15.0 Å². The average Bonchev–Trinajstić information content (AvgIpc) is 2.84. The lowest BCUT2D eigenvalue weighted by Gasteiger charge is -2.44. The summed E-state index contributed by atoms with van der Waals surface area (Å²) < 4.78 is 48.0. The molecule has 3 atom stereocenters. The lowest BCUT2D eigenvalue weighted by molar-refractivity contribution is -0.147. The highest BCUT2D eigenvalue weighted by molar-refractivity contribution is 6.41. The minimum atomic E-state index is -4.61. The molecule has 14 heteroatoms. The predicted octanol–water partition coefficient (Wildman–Crippen LogP) is 6.29. The van der Waals surface area contributed by atoms with Gasteiger partial charge in [-0.05, 0) is 66.2 Å². The van der Waals surface area contributed by atoms with Crippen LogP contribution in [0.3, 0.4) is 0 Å². The zero-order valence-electron chi connectivity index (χ0n) is 23.7. The van der Waals surface area contributed by atoms with Gasteiger partial charge in [0.2, 0.25) is 0 Å². The predicted molar refractivity (Wildman–Crippen MR) is 151 cm³/mol. The van der Waals surface area contributed by atoms with Crippen molar-refractivity contribution in [3.63, 3.8) is 0 Å². The quantitative estimate of drug-likeness (QED) is 0.320. The van der Waals surface area contributed by atoms with E-state index in [1.54, 1.807) is 32.6 Å². The Kier molecular flexibility index (Phi) is 8.23. The summed E-state index contributed by atoms with van der Waals surface area (Å²) >= 11 is 12.6. The topological polar surface area (TPSA) is 93.5 Å². The maximum Gasteiger partial charge on any atom is 0.410 e. The average molecular weight is 615 g/mol. The first kappa shape index (κ1) is 30.8. The highest BCUT2D eigenvalue weighted by Gasteiger charge is 2.41.